The second-order valence-corrected chi connectivity index (χ2v) is 5.79. The Morgan fingerprint density at radius 2 is 1.77 bits per heavy atom. The molecule has 2 rings (SSSR count). The van der Waals surface area contributed by atoms with Gasteiger partial charge >= 0.3 is 5.71 Å². The molecule has 5 nitrogen and oxygen atoms in total. The van der Waals surface area contributed by atoms with Gasteiger partial charge in [-0.15, -0.1) is 0 Å². The SMILES string of the molecule is CCCOC1=CC(N2CCCCC2)=C(OCCC)CC1=[N+]=[N-]. The Hall–Kier alpha value is -1.74. The minimum absolute atomic E-state index is 0.498. The van der Waals surface area contributed by atoms with Crippen LogP contribution in [0.4, 0.5) is 0 Å². The smallest absolute Gasteiger partial charge is 0.341 e. The predicted molar refractivity (Wildman–Crippen MR) is 86.3 cm³/mol. The van der Waals surface area contributed by atoms with Crippen LogP contribution in [0.15, 0.2) is 23.3 Å². The summed E-state index contributed by atoms with van der Waals surface area (Å²) in [6, 6.07) is 0. The number of nitrogens with zero attached hydrogens (tertiary/aromatic N) is 3. The van der Waals surface area contributed by atoms with Crippen LogP contribution >= 0.6 is 0 Å². The molecule has 0 spiro atoms. The van der Waals surface area contributed by atoms with Crippen LogP contribution in [0, 0.1) is 0 Å². The third-order valence-electron chi connectivity index (χ3n) is 3.93. The lowest BCUT2D eigenvalue weighted by atomic mass is 10.0. The maximum Gasteiger partial charge on any atom is 0.341 e. The number of hydrogen-bond acceptors (Lipinski definition) is 3. The second kappa shape index (κ2) is 8.64. The number of piperidine rings is 1. The molecule has 0 N–H and O–H groups in total. The van der Waals surface area contributed by atoms with Crippen LogP contribution in [0.25, 0.3) is 5.53 Å². The number of rotatable bonds is 7. The molecule has 1 aliphatic heterocycles. The first-order valence-corrected chi connectivity index (χ1v) is 8.46. The minimum atomic E-state index is 0.498. The van der Waals surface area contributed by atoms with Gasteiger partial charge in [0.25, 0.3) is 0 Å². The molecule has 0 aromatic rings. The van der Waals surface area contributed by atoms with E-state index in [1.807, 2.05) is 6.08 Å². The van der Waals surface area contributed by atoms with Gasteiger partial charge in [-0.05, 0) is 32.1 Å². The molecule has 1 saturated heterocycles. The standard InChI is InChI=1S/C17H27N3O2/c1-3-10-21-16-13-15(20-8-6-5-7-9-20)17(22-11-4-2)12-14(16)19-18/h13H,3-12H2,1-2H3. The average molecular weight is 305 g/mol. The van der Waals surface area contributed by atoms with Crippen molar-refractivity contribution in [2.45, 2.75) is 52.4 Å². The zero-order valence-electron chi connectivity index (χ0n) is 13.8. The fraction of sp³-hybridized carbons (Fsp3) is 0.706. The summed E-state index contributed by atoms with van der Waals surface area (Å²) in [5.41, 5.74) is 10.9. The van der Waals surface area contributed by atoms with Gasteiger partial charge in [0.1, 0.15) is 12.2 Å². The van der Waals surface area contributed by atoms with Gasteiger partial charge in [0.05, 0.1) is 18.9 Å². The van der Waals surface area contributed by atoms with E-state index in [-0.39, 0.29) is 0 Å². The lowest BCUT2D eigenvalue weighted by molar-refractivity contribution is -0.0141. The van der Waals surface area contributed by atoms with Crippen molar-refractivity contribution in [3.63, 3.8) is 0 Å². The van der Waals surface area contributed by atoms with E-state index in [4.69, 9.17) is 9.47 Å². The summed E-state index contributed by atoms with van der Waals surface area (Å²) in [6.45, 7) is 7.58. The third kappa shape index (κ3) is 4.14. The Bertz CT molecular complexity index is 484. The Kier molecular flexibility index (Phi) is 6.53. The first kappa shape index (κ1) is 16.6. The van der Waals surface area contributed by atoms with E-state index < -0.39 is 0 Å². The van der Waals surface area contributed by atoms with E-state index in [1.54, 1.807) is 0 Å². The largest absolute Gasteiger partial charge is 0.495 e. The molecule has 1 heterocycles. The molecular weight excluding hydrogens is 278 g/mol. The second-order valence-electron chi connectivity index (χ2n) is 5.79. The maximum absolute atomic E-state index is 9.28. The Balaban J connectivity index is 2.27. The molecule has 5 heteroatoms. The highest BCUT2D eigenvalue weighted by Crippen LogP contribution is 2.28. The third-order valence-corrected chi connectivity index (χ3v) is 3.93. The van der Waals surface area contributed by atoms with E-state index in [2.05, 4.69) is 23.5 Å². The molecule has 0 saturated carbocycles. The number of ether oxygens (including phenoxy) is 2. The van der Waals surface area contributed by atoms with Crippen molar-refractivity contribution in [1.29, 1.82) is 0 Å². The zero-order valence-corrected chi connectivity index (χ0v) is 13.8. The lowest BCUT2D eigenvalue weighted by Gasteiger charge is -2.32. The molecule has 0 bridgehead atoms. The first-order valence-electron chi connectivity index (χ1n) is 8.46. The molecule has 22 heavy (non-hydrogen) atoms. The highest BCUT2D eigenvalue weighted by atomic mass is 16.5. The fourth-order valence-electron chi connectivity index (χ4n) is 2.79. The molecule has 1 aliphatic carbocycles. The van der Waals surface area contributed by atoms with E-state index in [0.717, 1.165) is 37.4 Å². The first-order chi connectivity index (χ1) is 10.8. The van der Waals surface area contributed by atoms with Crippen molar-refractivity contribution in [2.75, 3.05) is 26.3 Å². The topological polar surface area (TPSA) is 58.1 Å². The van der Waals surface area contributed by atoms with Crippen molar-refractivity contribution in [2.24, 2.45) is 0 Å². The van der Waals surface area contributed by atoms with Crippen molar-refractivity contribution in [3.8, 4) is 0 Å². The van der Waals surface area contributed by atoms with Crippen molar-refractivity contribution in [1.82, 2.24) is 4.90 Å². The molecule has 0 radical (unpaired) electrons. The van der Waals surface area contributed by atoms with Gasteiger partial charge in [-0.3, -0.25) is 0 Å². The van der Waals surface area contributed by atoms with Gasteiger partial charge in [0, 0.05) is 19.2 Å². The van der Waals surface area contributed by atoms with E-state index in [0.29, 0.717) is 31.1 Å². The Labute approximate surface area is 133 Å². The highest BCUT2D eigenvalue weighted by molar-refractivity contribution is 5.97. The van der Waals surface area contributed by atoms with E-state index in [1.165, 1.54) is 19.3 Å². The normalized spacial score (nSPS) is 18.9. The Morgan fingerprint density at radius 3 is 2.41 bits per heavy atom. The summed E-state index contributed by atoms with van der Waals surface area (Å²) >= 11 is 0. The van der Waals surface area contributed by atoms with E-state index in [9.17, 15) is 5.53 Å². The molecule has 122 valence electrons. The van der Waals surface area contributed by atoms with Crippen LogP contribution in [-0.4, -0.2) is 41.7 Å². The fourth-order valence-corrected chi connectivity index (χ4v) is 2.79. The maximum atomic E-state index is 9.28. The summed E-state index contributed by atoms with van der Waals surface area (Å²) in [5, 5.41) is 0. The number of hydrogen-bond donors (Lipinski definition) is 0. The molecular formula is C17H27N3O2. The summed E-state index contributed by atoms with van der Waals surface area (Å²) in [7, 11) is 0. The van der Waals surface area contributed by atoms with Gasteiger partial charge in [-0.1, -0.05) is 13.8 Å². The van der Waals surface area contributed by atoms with Gasteiger partial charge in [-0.25, -0.2) is 0 Å². The van der Waals surface area contributed by atoms with Crippen LogP contribution in [0.1, 0.15) is 52.4 Å². The van der Waals surface area contributed by atoms with Crippen LogP contribution in [0.5, 0.6) is 0 Å². The van der Waals surface area contributed by atoms with E-state index >= 15 is 0 Å². The molecule has 0 amide bonds. The van der Waals surface area contributed by atoms with Crippen molar-refractivity contribution < 1.29 is 14.3 Å². The van der Waals surface area contributed by atoms with Crippen LogP contribution in [0.3, 0.4) is 0 Å². The summed E-state index contributed by atoms with van der Waals surface area (Å²) in [5.74, 6) is 1.58. The van der Waals surface area contributed by atoms with Gasteiger partial charge in [0.15, 0.2) is 0 Å². The van der Waals surface area contributed by atoms with Crippen molar-refractivity contribution >= 4 is 5.71 Å². The van der Waals surface area contributed by atoms with Gasteiger partial charge < -0.3 is 19.9 Å². The predicted octanol–water partition coefficient (Wildman–Crippen LogP) is 3.50. The summed E-state index contributed by atoms with van der Waals surface area (Å²) < 4.78 is 11.7. The molecule has 1 fully saturated rings. The number of likely N-dealkylation sites (tertiary alicyclic amines) is 1. The molecule has 2 aliphatic rings. The monoisotopic (exact) mass is 305 g/mol. The molecule has 0 aromatic heterocycles. The van der Waals surface area contributed by atoms with Crippen LogP contribution in [0.2, 0.25) is 0 Å². The molecule has 0 unspecified atom stereocenters. The van der Waals surface area contributed by atoms with Crippen LogP contribution in [-0.2, 0) is 9.47 Å². The highest BCUT2D eigenvalue weighted by Gasteiger charge is 2.30. The van der Waals surface area contributed by atoms with Gasteiger partial charge in [0.2, 0.25) is 5.76 Å². The lowest BCUT2D eigenvalue weighted by Crippen LogP contribution is -2.32. The van der Waals surface area contributed by atoms with Gasteiger partial charge in [-0.2, -0.15) is 4.79 Å². The quantitative estimate of drug-likeness (QED) is 0.534. The molecule has 0 atom stereocenters. The van der Waals surface area contributed by atoms with Crippen LogP contribution < -0.4 is 0 Å². The Morgan fingerprint density at radius 1 is 1.09 bits per heavy atom. The summed E-state index contributed by atoms with van der Waals surface area (Å²) in [6.07, 6.45) is 8.10. The average Bonchev–Trinajstić information content (AvgIpc) is 2.58. The van der Waals surface area contributed by atoms with Crippen molar-refractivity contribution in [3.05, 3.63) is 28.8 Å². The number of allylic oxidation sites excluding steroid dienone is 3. The summed E-state index contributed by atoms with van der Waals surface area (Å²) in [4.78, 5) is 5.78. The molecule has 0 aromatic carbocycles. The zero-order chi connectivity index (χ0) is 15.8. The minimum Gasteiger partial charge on any atom is -0.495 e.